The van der Waals surface area contributed by atoms with Gasteiger partial charge in [0, 0.05) is 11.4 Å². The number of rotatable bonds is 6. The molecule has 0 saturated heterocycles. The third-order valence-corrected chi connectivity index (χ3v) is 5.45. The Balaban J connectivity index is 1.94. The van der Waals surface area contributed by atoms with Gasteiger partial charge < -0.3 is 10.6 Å². The Morgan fingerprint density at radius 3 is 1.59 bits per heavy atom. The van der Waals surface area contributed by atoms with Gasteiger partial charge in [0.25, 0.3) is 11.8 Å². The second kappa shape index (κ2) is 10.1. The molecule has 0 radical (unpaired) electrons. The summed E-state index contributed by atoms with van der Waals surface area (Å²) in [6, 6.07) is 19.5. The van der Waals surface area contributed by atoms with E-state index in [1.165, 1.54) is 5.56 Å². The van der Waals surface area contributed by atoms with Gasteiger partial charge in [-0.3, -0.25) is 9.59 Å². The molecule has 0 fully saturated rings. The lowest BCUT2D eigenvalue weighted by Gasteiger charge is -2.14. The summed E-state index contributed by atoms with van der Waals surface area (Å²) in [6.07, 6.45) is 2.56. The first-order valence-electron chi connectivity index (χ1n) is 10.8. The summed E-state index contributed by atoms with van der Waals surface area (Å²) in [7, 11) is 0. The van der Waals surface area contributed by atoms with Crippen LogP contribution in [0, 0.1) is 27.7 Å². The molecule has 0 aliphatic carbocycles. The van der Waals surface area contributed by atoms with Crippen LogP contribution in [0.15, 0.2) is 66.2 Å². The van der Waals surface area contributed by atoms with Gasteiger partial charge in [-0.05, 0) is 74.6 Å². The van der Waals surface area contributed by atoms with Crippen molar-refractivity contribution in [2.24, 2.45) is 0 Å². The van der Waals surface area contributed by atoms with Gasteiger partial charge in [0.05, 0.1) is 0 Å². The van der Waals surface area contributed by atoms with Crippen LogP contribution in [0.1, 0.15) is 40.3 Å². The van der Waals surface area contributed by atoms with E-state index in [4.69, 9.17) is 0 Å². The number of carbonyl (C=O) groups excluding carboxylic acids is 2. The van der Waals surface area contributed by atoms with Crippen molar-refractivity contribution in [3.8, 4) is 0 Å². The summed E-state index contributed by atoms with van der Waals surface area (Å²) < 4.78 is 0. The highest BCUT2D eigenvalue weighted by Gasteiger charge is 2.20. The van der Waals surface area contributed by atoms with Gasteiger partial charge in [-0.1, -0.05) is 66.6 Å². The zero-order valence-corrected chi connectivity index (χ0v) is 19.4. The maximum Gasteiger partial charge on any atom is 0.261 e. The largest absolute Gasteiger partial charge is 0.322 e. The van der Waals surface area contributed by atoms with Crippen molar-refractivity contribution >= 4 is 29.3 Å². The fourth-order valence-electron chi connectivity index (χ4n) is 3.54. The van der Waals surface area contributed by atoms with Gasteiger partial charge in [0.2, 0.25) is 0 Å². The van der Waals surface area contributed by atoms with Gasteiger partial charge in [0.1, 0.15) is 5.57 Å². The first-order valence-corrected chi connectivity index (χ1v) is 10.8. The normalized spacial score (nSPS) is 10.4. The number of hydrogen-bond donors (Lipinski definition) is 2. The van der Waals surface area contributed by atoms with Crippen molar-refractivity contribution in [1.29, 1.82) is 0 Å². The van der Waals surface area contributed by atoms with Crippen molar-refractivity contribution in [2.75, 3.05) is 10.6 Å². The number of carbonyl (C=O) groups is 2. The second-order valence-corrected chi connectivity index (χ2v) is 8.20. The number of benzene rings is 3. The number of amides is 2. The molecule has 3 rings (SSSR count). The smallest absolute Gasteiger partial charge is 0.261 e. The predicted octanol–water partition coefficient (Wildman–Crippen LogP) is 6.14. The van der Waals surface area contributed by atoms with E-state index in [-0.39, 0.29) is 5.57 Å². The molecule has 0 atom stereocenters. The standard InChI is InChI=1S/C28H30N2O2/c1-6-22-9-11-23(12-10-22)17-24(27(31)29-25-13-7-18(2)15-20(25)4)28(32)30-26-14-8-19(3)16-21(26)5/h7-17H,6H2,1-5H3,(H,29,31)(H,30,32). The van der Waals surface area contributed by atoms with Crippen molar-refractivity contribution in [3.05, 3.63) is 99.6 Å². The van der Waals surface area contributed by atoms with Crippen LogP contribution in [-0.4, -0.2) is 11.8 Å². The van der Waals surface area contributed by atoms with E-state index in [9.17, 15) is 9.59 Å². The van der Waals surface area contributed by atoms with Crippen LogP contribution in [0.3, 0.4) is 0 Å². The minimum absolute atomic E-state index is 0.0502. The summed E-state index contributed by atoms with van der Waals surface area (Å²) in [4.78, 5) is 26.4. The average Bonchev–Trinajstić information content (AvgIpc) is 2.76. The third kappa shape index (κ3) is 5.73. The van der Waals surface area contributed by atoms with Gasteiger partial charge in [-0.15, -0.1) is 0 Å². The van der Waals surface area contributed by atoms with Crippen LogP contribution in [0.5, 0.6) is 0 Å². The zero-order valence-electron chi connectivity index (χ0n) is 19.4. The Morgan fingerprint density at radius 1 is 0.719 bits per heavy atom. The van der Waals surface area contributed by atoms with E-state index in [0.29, 0.717) is 11.4 Å². The molecule has 0 aliphatic rings. The number of aryl methyl sites for hydroxylation is 5. The molecule has 3 aromatic rings. The molecule has 164 valence electrons. The Hall–Kier alpha value is -3.66. The molecule has 32 heavy (non-hydrogen) atoms. The van der Waals surface area contributed by atoms with Gasteiger partial charge in [-0.2, -0.15) is 0 Å². The summed E-state index contributed by atoms with van der Waals surface area (Å²) in [6.45, 7) is 9.96. The third-order valence-electron chi connectivity index (χ3n) is 5.45. The fourth-order valence-corrected chi connectivity index (χ4v) is 3.54. The predicted molar refractivity (Wildman–Crippen MR) is 133 cm³/mol. The highest BCUT2D eigenvalue weighted by Crippen LogP contribution is 2.21. The molecule has 0 heterocycles. The van der Waals surface area contributed by atoms with Crippen LogP contribution < -0.4 is 10.6 Å². The minimum Gasteiger partial charge on any atom is -0.322 e. The van der Waals surface area contributed by atoms with E-state index < -0.39 is 11.8 Å². The summed E-state index contributed by atoms with van der Waals surface area (Å²) in [5.41, 5.74) is 7.53. The molecule has 4 heteroatoms. The molecule has 0 saturated carbocycles. The lowest BCUT2D eigenvalue weighted by Crippen LogP contribution is -2.26. The summed E-state index contributed by atoms with van der Waals surface area (Å²) in [5.74, 6) is -0.891. The minimum atomic E-state index is -0.446. The highest BCUT2D eigenvalue weighted by molar-refractivity contribution is 6.29. The molecule has 0 bridgehead atoms. The van der Waals surface area contributed by atoms with E-state index in [0.717, 1.165) is 34.2 Å². The van der Waals surface area contributed by atoms with Crippen LogP contribution >= 0.6 is 0 Å². The Bertz CT molecular complexity index is 1110. The maximum absolute atomic E-state index is 13.2. The van der Waals surface area contributed by atoms with E-state index in [1.54, 1.807) is 6.08 Å². The second-order valence-electron chi connectivity index (χ2n) is 8.20. The molecule has 2 amide bonds. The van der Waals surface area contributed by atoms with Crippen molar-refractivity contribution < 1.29 is 9.59 Å². The Morgan fingerprint density at radius 2 is 1.19 bits per heavy atom. The molecular weight excluding hydrogens is 396 g/mol. The van der Waals surface area contributed by atoms with Crippen molar-refractivity contribution in [2.45, 2.75) is 41.0 Å². The zero-order chi connectivity index (χ0) is 23.3. The van der Waals surface area contributed by atoms with Crippen LogP contribution in [0.25, 0.3) is 6.08 Å². The van der Waals surface area contributed by atoms with Crippen LogP contribution in [-0.2, 0) is 16.0 Å². The number of nitrogens with one attached hydrogen (secondary N) is 2. The Labute approximate surface area is 190 Å². The summed E-state index contributed by atoms with van der Waals surface area (Å²) in [5, 5.41) is 5.81. The lowest BCUT2D eigenvalue weighted by atomic mass is 10.0. The monoisotopic (exact) mass is 426 g/mol. The first kappa shape index (κ1) is 23.0. The Kier molecular flexibility index (Phi) is 7.26. The van der Waals surface area contributed by atoms with Crippen molar-refractivity contribution in [1.82, 2.24) is 0 Å². The molecule has 4 nitrogen and oxygen atoms in total. The molecule has 0 unspecified atom stereocenters. The van der Waals surface area contributed by atoms with Crippen LogP contribution in [0.4, 0.5) is 11.4 Å². The summed E-state index contributed by atoms with van der Waals surface area (Å²) >= 11 is 0. The fraction of sp³-hybridized carbons (Fsp3) is 0.214. The molecular formula is C28H30N2O2. The lowest BCUT2D eigenvalue weighted by molar-refractivity contribution is -0.118. The topological polar surface area (TPSA) is 58.2 Å². The average molecular weight is 427 g/mol. The number of hydrogen-bond acceptors (Lipinski definition) is 2. The van der Waals surface area contributed by atoms with Gasteiger partial charge >= 0.3 is 0 Å². The molecule has 3 aromatic carbocycles. The SMILES string of the molecule is CCc1ccc(C=C(C(=O)Nc2ccc(C)cc2C)C(=O)Nc2ccc(C)cc2C)cc1. The highest BCUT2D eigenvalue weighted by atomic mass is 16.2. The van der Waals surface area contributed by atoms with E-state index in [1.807, 2.05) is 88.4 Å². The van der Waals surface area contributed by atoms with Crippen LogP contribution in [0.2, 0.25) is 0 Å². The molecule has 0 aliphatic heterocycles. The molecule has 2 N–H and O–H groups in total. The van der Waals surface area contributed by atoms with Gasteiger partial charge in [-0.25, -0.2) is 0 Å². The molecule has 0 aromatic heterocycles. The van der Waals surface area contributed by atoms with Gasteiger partial charge in [0.15, 0.2) is 0 Å². The quantitative estimate of drug-likeness (QED) is 0.282. The first-order chi connectivity index (χ1) is 15.3. The molecule has 0 spiro atoms. The number of anilines is 2. The van der Waals surface area contributed by atoms with Crippen molar-refractivity contribution in [3.63, 3.8) is 0 Å². The maximum atomic E-state index is 13.2. The van der Waals surface area contributed by atoms with E-state index >= 15 is 0 Å². The van der Waals surface area contributed by atoms with E-state index in [2.05, 4.69) is 17.6 Å².